The number of rotatable bonds is 4. The van der Waals surface area contributed by atoms with E-state index in [1.165, 1.54) is 0 Å². The van der Waals surface area contributed by atoms with Gasteiger partial charge in [0, 0.05) is 0 Å². The van der Waals surface area contributed by atoms with E-state index in [2.05, 4.69) is 5.32 Å². The molecule has 5 heteroatoms. The fourth-order valence-corrected chi connectivity index (χ4v) is 1.45. The van der Waals surface area contributed by atoms with Gasteiger partial charge >= 0.3 is 5.97 Å². The molecular formula is C12H16N2O3. The molecule has 0 aliphatic heterocycles. The van der Waals surface area contributed by atoms with Gasteiger partial charge in [-0.1, -0.05) is 37.3 Å². The van der Waals surface area contributed by atoms with Gasteiger partial charge in [0.15, 0.2) is 0 Å². The number of allylic oxidation sites excluding steroid dienone is 4. The fourth-order valence-electron chi connectivity index (χ4n) is 1.45. The number of nitrogens with one attached hydrogen (secondary N) is 1. The SMILES string of the molecule is CC1C=CC=CC(C(N)C(=O)NCC(=O)O)=C1. The van der Waals surface area contributed by atoms with Crippen LogP contribution >= 0.6 is 0 Å². The lowest BCUT2D eigenvalue weighted by molar-refractivity contribution is -0.138. The van der Waals surface area contributed by atoms with Crippen LogP contribution in [0.1, 0.15) is 6.92 Å². The van der Waals surface area contributed by atoms with Crippen LogP contribution in [-0.4, -0.2) is 29.6 Å². The highest BCUT2D eigenvalue weighted by molar-refractivity contribution is 5.88. The molecule has 0 bridgehead atoms. The van der Waals surface area contributed by atoms with Crippen molar-refractivity contribution in [2.24, 2.45) is 11.7 Å². The Bertz CT molecular complexity index is 397. The monoisotopic (exact) mass is 236 g/mol. The van der Waals surface area contributed by atoms with Crippen molar-refractivity contribution in [1.29, 1.82) is 0 Å². The normalized spacial score (nSPS) is 20.4. The maximum atomic E-state index is 11.6. The minimum absolute atomic E-state index is 0.193. The van der Waals surface area contributed by atoms with Gasteiger partial charge in [-0.2, -0.15) is 0 Å². The number of hydrogen-bond donors (Lipinski definition) is 3. The molecule has 1 aliphatic rings. The number of carbonyl (C=O) groups is 2. The van der Waals surface area contributed by atoms with E-state index < -0.39 is 24.5 Å². The van der Waals surface area contributed by atoms with Gasteiger partial charge in [0.25, 0.3) is 0 Å². The maximum Gasteiger partial charge on any atom is 0.322 e. The van der Waals surface area contributed by atoms with Gasteiger partial charge in [-0.25, -0.2) is 0 Å². The van der Waals surface area contributed by atoms with Crippen LogP contribution in [0.4, 0.5) is 0 Å². The quantitative estimate of drug-likeness (QED) is 0.650. The summed E-state index contributed by atoms with van der Waals surface area (Å²) >= 11 is 0. The molecular weight excluding hydrogens is 220 g/mol. The highest BCUT2D eigenvalue weighted by atomic mass is 16.4. The predicted molar refractivity (Wildman–Crippen MR) is 64.1 cm³/mol. The van der Waals surface area contributed by atoms with Crippen molar-refractivity contribution in [2.45, 2.75) is 13.0 Å². The van der Waals surface area contributed by atoms with Crippen molar-refractivity contribution < 1.29 is 14.7 Å². The van der Waals surface area contributed by atoms with E-state index in [0.717, 1.165) is 0 Å². The zero-order chi connectivity index (χ0) is 12.8. The third-order valence-electron chi connectivity index (χ3n) is 2.33. The number of amides is 1. The summed E-state index contributed by atoms with van der Waals surface area (Å²) in [7, 11) is 0. The first-order valence-corrected chi connectivity index (χ1v) is 5.32. The molecule has 1 amide bonds. The summed E-state index contributed by atoms with van der Waals surface area (Å²) in [4.78, 5) is 21.9. The second-order valence-electron chi connectivity index (χ2n) is 3.86. The first kappa shape index (κ1) is 13.2. The summed E-state index contributed by atoms with van der Waals surface area (Å²) in [5, 5.41) is 10.7. The Kier molecular flexibility index (Phi) is 4.66. The summed E-state index contributed by atoms with van der Waals surface area (Å²) < 4.78 is 0. The second kappa shape index (κ2) is 6.00. The highest BCUT2D eigenvalue weighted by Crippen LogP contribution is 2.13. The lowest BCUT2D eigenvalue weighted by atomic mass is 10.0. The van der Waals surface area contributed by atoms with E-state index in [9.17, 15) is 9.59 Å². The van der Waals surface area contributed by atoms with E-state index >= 15 is 0 Å². The van der Waals surface area contributed by atoms with Crippen LogP contribution in [0.5, 0.6) is 0 Å². The first-order chi connectivity index (χ1) is 8.00. The Balaban J connectivity index is 2.66. The Morgan fingerprint density at radius 3 is 2.88 bits per heavy atom. The summed E-state index contributed by atoms with van der Waals surface area (Å²) in [6.07, 6.45) is 9.30. The van der Waals surface area contributed by atoms with Gasteiger partial charge in [0.1, 0.15) is 12.6 Å². The van der Waals surface area contributed by atoms with Crippen LogP contribution in [0.25, 0.3) is 0 Å². The van der Waals surface area contributed by atoms with Gasteiger partial charge in [-0.3, -0.25) is 9.59 Å². The molecule has 0 aromatic heterocycles. The molecule has 2 atom stereocenters. The summed E-state index contributed by atoms with van der Waals surface area (Å²) in [5.41, 5.74) is 6.44. The lowest BCUT2D eigenvalue weighted by Gasteiger charge is -2.13. The molecule has 0 aromatic rings. The third kappa shape index (κ3) is 4.24. The number of aliphatic carboxylic acids is 1. The van der Waals surface area contributed by atoms with E-state index in [4.69, 9.17) is 10.8 Å². The van der Waals surface area contributed by atoms with Crippen LogP contribution in [0.3, 0.4) is 0 Å². The van der Waals surface area contributed by atoms with Gasteiger partial charge in [0.2, 0.25) is 5.91 Å². The Hall–Kier alpha value is -1.88. The summed E-state index contributed by atoms with van der Waals surface area (Å²) in [6.45, 7) is 1.56. The highest BCUT2D eigenvalue weighted by Gasteiger charge is 2.17. The van der Waals surface area contributed by atoms with Crippen molar-refractivity contribution in [3.05, 3.63) is 36.0 Å². The third-order valence-corrected chi connectivity index (χ3v) is 2.33. The standard InChI is InChI=1S/C12H16N2O3/c1-8-4-2-3-5-9(6-8)11(13)12(17)14-7-10(15)16/h2-6,8,11H,7,13H2,1H3,(H,14,17)(H,15,16). The molecule has 2 unspecified atom stereocenters. The second-order valence-corrected chi connectivity index (χ2v) is 3.86. The molecule has 0 spiro atoms. The van der Waals surface area contributed by atoms with Crippen molar-refractivity contribution in [1.82, 2.24) is 5.32 Å². The molecule has 0 heterocycles. The molecule has 17 heavy (non-hydrogen) atoms. The lowest BCUT2D eigenvalue weighted by Crippen LogP contribution is -2.43. The zero-order valence-corrected chi connectivity index (χ0v) is 9.59. The van der Waals surface area contributed by atoms with Gasteiger partial charge in [-0.15, -0.1) is 0 Å². The molecule has 92 valence electrons. The van der Waals surface area contributed by atoms with Crippen molar-refractivity contribution >= 4 is 11.9 Å². The number of hydrogen-bond acceptors (Lipinski definition) is 3. The molecule has 0 fully saturated rings. The summed E-state index contributed by atoms with van der Waals surface area (Å²) in [6, 6.07) is -0.840. The van der Waals surface area contributed by atoms with Gasteiger partial charge in [-0.05, 0) is 11.5 Å². The number of carbonyl (C=O) groups excluding carboxylic acids is 1. The van der Waals surface area contributed by atoms with E-state index in [-0.39, 0.29) is 5.92 Å². The molecule has 0 saturated heterocycles. The average Bonchev–Trinajstić information content (AvgIpc) is 2.49. The molecule has 1 rings (SSSR count). The van der Waals surface area contributed by atoms with E-state index in [0.29, 0.717) is 5.57 Å². The Morgan fingerprint density at radius 2 is 2.24 bits per heavy atom. The van der Waals surface area contributed by atoms with E-state index in [1.54, 1.807) is 12.2 Å². The van der Waals surface area contributed by atoms with Crippen LogP contribution in [0, 0.1) is 5.92 Å². The number of carboxylic acids is 1. The zero-order valence-electron chi connectivity index (χ0n) is 9.59. The minimum atomic E-state index is -1.09. The van der Waals surface area contributed by atoms with Crippen LogP contribution in [-0.2, 0) is 9.59 Å². The number of nitrogens with two attached hydrogens (primary N) is 1. The van der Waals surface area contributed by atoms with Crippen molar-refractivity contribution in [3.8, 4) is 0 Å². The molecule has 0 aromatic carbocycles. The summed E-state index contributed by atoms with van der Waals surface area (Å²) in [5.74, 6) is -1.39. The van der Waals surface area contributed by atoms with E-state index in [1.807, 2.05) is 25.2 Å². The first-order valence-electron chi connectivity index (χ1n) is 5.32. The maximum absolute atomic E-state index is 11.6. The smallest absolute Gasteiger partial charge is 0.322 e. The minimum Gasteiger partial charge on any atom is -0.480 e. The van der Waals surface area contributed by atoms with Crippen molar-refractivity contribution in [3.63, 3.8) is 0 Å². The van der Waals surface area contributed by atoms with Crippen LogP contribution in [0.15, 0.2) is 36.0 Å². The number of carboxylic acid groups (broad SMARTS) is 1. The largest absolute Gasteiger partial charge is 0.480 e. The van der Waals surface area contributed by atoms with Crippen LogP contribution in [0.2, 0.25) is 0 Å². The molecule has 5 nitrogen and oxygen atoms in total. The topological polar surface area (TPSA) is 92.4 Å². The van der Waals surface area contributed by atoms with Crippen LogP contribution < -0.4 is 11.1 Å². The fraction of sp³-hybridized carbons (Fsp3) is 0.333. The predicted octanol–water partition coefficient (Wildman–Crippen LogP) is 0.203. The molecule has 0 radical (unpaired) electrons. The Labute approximate surface area is 99.7 Å². The Morgan fingerprint density at radius 1 is 1.53 bits per heavy atom. The molecule has 1 aliphatic carbocycles. The molecule has 0 saturated carbocycles. The van der Waals surface area contributed by atoms with Gasteiger partial charge < -0.3 is 16.2 Å². The molecule has 4 N–H and O–H groups in total. The average molecular weight is 236 g/mol. The van der Waals surface area contributed by atoms with Gasteiger partial charge in [0.05, 0.1) is 0 Å². The van der Waals surface area contributed by atoms with Crippen molar-refractivity contribution in [2.75, 3.05) is 6.54 Å².